The van der Waals surface area contributed by atoms with Crippen molar-refractivity contribution < 1.29 is 13.9 Å². The number of nitrogens with zero attached hydrogens (tertiary/aromatic N) is 2. The minimum Gasteiger partial charge on any atom is -0.373 e. The minimum atomic E-state index is -0.154. The zero-order valence-corrected chi connectivity index (χ0v) is 19.8. The summed E-state index contributed by atoms with van der Waals surface area (Å²) in [5.74, 6) is 0.178. The molecule has 2 aliphatic rings. The van der Waals surface area contributed by atoms with Gasteiger partial charge < -0.3 is 9.64 Å². The lowest BCUT2D eigenvalue weighted by molar-refractivity contribution is 0.0388. The summed E-state index contributed by atoms with van der Waals surface area (Å²) < 4.78 is 19.7. The van der Waals surface area contributed by atoms with Crippen molar-refractivity contribution in [2.75, 3.05) is 13.2 Å². The van der Waals surface area contributed by atoms with Crippen molar-refractivity contribution in [2.45, 2.75) is 58.6 Å². The van der Waals surface area contributed by atoms with E-state index in [9.17, 15) is 9.18 Å². The largest absolute Gasteiger partial charge is 0.373 e. The fourth-order valence-electron chi connectivity index (χ4n) is 4.53. The summed E-state index contributed by atoms with van der Waals surface area (Å²) in [6.07, 6.45) is 8.67. The molecule has 4 nitrogen and oxygen atoms in total. The van der Waals surface area contributed by atoms with E-state index in [0.29, 0.717) is 19.6 Å². The highest BCUT2D eigenvalue weighted by molar-refractivity contribution is 7.13. The lowest BCUT2D eigenvalue weighted by Crippen LogP contribution is -2.41. The van der Waals surface area contributed by atoms with Crippen molar-refractivity contribution in [2.24, 2.45) is 5.92 Å². The monoisotopic (exact) mass is 454 g/mol. The molecule has 2 aromatic rings. The highest BCUT2D eigenvalue weighted by Crippen LogP contribution is 2.31. The smallest absolute Gasteiger partial charge is 0.254 e. The fourth-order valence-corrected chi connectivity index (χ4v) is 5.21. The Morgan fingerprint density at radius 3 is 2.91 bits per heavy atom. The molecule has 170 valence electrons. The number of allylic oxidation sites excluding steroid dienone is 2. The molecule has 1 aliphatic carbocycles. The Balaban J connectivity index is 1.49. The van der Waals surface area contributed by atoms with Crippen LogP contribution in [0.5, 0.6) is 0 Å². The first-order valence-electron chi connectivity index (χ1n) is 11.4. The Labute approximate surface area is 193 Å². The lowest BCUT2D eigenvalue weighted by atomic mass is 10.0. The van der Waals surface area contributed by atoms with E-state index in [4.69, 9.17) is 4.74 Å². The summed E-state index contributed by atoms with van der Waals surface area (Å²) in [5, 5.41) is 2.81. The number of aromatic nitrogens is 1. The molecule has 3 atom stereocenters. The van der Waals surface area contributed by atoms with Crippen LogP contribution in [0.1, 0.15) is 55.5 Å². The van der Waals surface area contributed by atoms with Gasteiger partial charge in [0.25, 0.3) is 5.91 Å². The number of hydrogen-bond donors (Lipinski definition) is 0. The summed E-state index contributed by atoms with van der Waals surface area (Å²) in [5.41, 5.74) is 3.42. The highest BCUT2D eigenvalue weighted by atomic mass is 32.1. The SMILES string of the molecule is CC1=C(F)C=CC(OCC2CCCC(C)N(C(=O)c3cc(C)ccc3-c3nccs3)C2)C1. The third-order valence-electron chi connectivity index (χ3n) is 6.47. The average molecular weight is 455 g/mol. The summed E-state index contributed by atoms with van der Waals surface area (Å²) in [7, 11) is 0. The maximum atomic E-state index is 13.8. The van der Waals surface area contributed by atoms with E-state index in [0.717, 1.165) is 46.5 Å². The zero-order chi connectivity index (χ0) is 22.7. The fraction of sp³-hybridized carbons (Fsp3) is 0.462. The van der Waals surface area contributed by atoms with Crippen LogP contribution in [0, 0.1) is 12.8 Å². The van der Waals surface area contributed by atoms with Crippen LogP contribution < -0.4 is 0 Å². The second-order valence-electron chi connectivity index (χ2n) is 9.05. The van der Waals surface area contributed by atoms with Crippen molar-refractivity contribution in [3.63, 3.8) is 0 Å². The molecule has 4 rings (SSSR count). The van der Waals surface area contributed by atoms with Gasteiger partial charge in [0.05, 0.1) is 18.3 Å². The number of amides is 1. The number of rotatable bonds is 5. The van der Waals surface area contributed by atoms with Gasteiger partial charge in [-0.3, -0.25) is 4.79 Å². The molecule has 0 radical (unpaired) electrons. The lowest BCUT2D eigenvalue weighted by Gasteiger charge is -2.31. The van der Waals surface area contributed by atoms with Crippen molar-refractivity contribution in [3.8, 4) is 10.6 Å². The van der Waals surface area contributed by atoms with Crippen LogP contribution in [0.25, 0.3) is 10.6 Å². The summed E-state index contributed by atoms with van der Waals surface area (Å²) in [6.45, 7) is 7.21. The minimum absolute atomic E-state index is 0.0664. The van der Waals surface area contributed by atoms with Gasteiger partial charge in [-0.25, -0.2) is 9.37 Å². The van der Waals surface area contributed by atoms with Gasteiger partial charge in [0.2, 0.25) is 0 Å². The molecule has 0 N–H and O–H groups in total. The molecule has 1 aromatic heterocycles. The van der Waals surface area contributed by atoms with Crippen LogP contribution in [-0.2, 0) is 4.74 Å². The number of carbonyl (C=O) groups excluding carboxylic acids is 1. The Bertz CT molecular complexity index is 1010. The van der Waals surface area contributed by atoms with E-state index < -0.39 is 0 Å². The van der Waals surface area contributed by atoms with Gasteiger partial charge in [0.15, 0.2) is 0 Å². The number of thiazole rings is 1. The molecular formula is C26H31FN2O2S. The van der Waals surface area contributed by atoms with Crippen LogP contribution in [0.4, 0.5) is 4.39 Å². The molecule has 32 heavy (non-hydrogen) atoms. The highest BCUT2D eigenvalue weighted by Gasteiger charge is 2.30. The second kappa shape index (κ2) is 10.1. The molecule has 6 heteroatoms. The van der Waals surface area contributed by atoms with E-state index in [1.807, 2.05) is 42.3 Å². The zero-order valence-electron chi connectivity index (χ0n) is 19.0. The Morgan fingerprint density at radius 1 is 1.31 bits per heavy atom. The van der Waals surface area contributed by atoms with Gasteiger partial charge in [-0.05, 0) is 57.2 Å². The Hall–Kier alpha value is -2.31. The third kappa shape index (κ3) is 5.18. The first kappa shape index (κ1) is 22.9. The van der Waals surface area contributed by atoms with Gasteiger partial charge in [0, 0.05) is 36.1 Å². The van der Waals surface area contributed by atoms with Gasteiger partial charge >= 0.3 is 0 Å². The molecule has 1 saturated heterocycles. The standard InChI is InChI=1S/C26H31FN2O2S/c1-17-7-9-22(25-28-11-12-32-25)23(13-17)26(30)29-15-20(6-4-5-19(29)3)16-31-21-8-10-24(27)18(2)14-21/h7-13,19-21H,4-6,14-16H2,1-3H3. The quantitative estimate of drug-likeness (QED) is 0.530. The predicted octanol–water partition coefficient (Wildman–Crippen LogP) is 6.34. The van der Waals surface area contributed by atoms with Gasteiger partial charge in [-0.2, -0.15) is 0 Å². The van der Waals surface area contributed by atoms with E-state index in [1.165, 1.54) is 6.08 Å². The van der Waals surface area contributed by atoms with Crippen LogP contribution >= 0.6 is 11.3 Å². The first-order valence-corrected chi connectivity index (χ1v) is 12.3. The molecule has 0 bridgehead atoms. The normalized spacial score (nSPS) is 24.0. The average Bonchev–Trinajstić information content (AvgIpc) is 3.24. The topological polar surface area (TPSA) is 42.4 Å². The molecule has 0 saturated carbocycles. The number of benzene rings is 1. The predicted molar refractivity (Wildman–Crippen MR) is 127 cm³/mol. The van der Waals surface area contributed by atoms with E-state index in [-0.39, 0.29) is 29.8 Å². The van der Waals surface area contributed by atoms with Gasteiger partial charge in [-0.15, -0.1) is 11.3 Å². The van der Waals surface area contributed by atoms with E-state index in [1.54, 1.807) is 23.6 Å². The van der Waals surface area contributed by atoms with E-state index >= 15 is 0 Å². The van der Waals surface area contributed by atoms with Crippen molar-refractivity contribution in [3.05, 3.63) is 64.5 Å². The van der Waals surface area contributed by atoms with Crippen molar-refractivity contribution in [1.82, 2.24) is 9.88 Å². The summed E-state index contributed by atoms with van der Waals surface area (Å²) in [6, 6.07) is 6.20. The number of halogens is 1. The second-order valence-corrected chi connectivity index (χ2v) is 9.95. The maximum Gasteiger partial charge on any atom is 0.254 e. The molecule has 3 unspecified atom stereocenters. The van der Waals surface area contributed by atoms with E-state index in [2.05, 4.69) is 11.9 Å². The van der Waals surface area contributed by atoms with Crippen LogP contribution in [0.3, 0.4) is 0 Å². The number of ether oxygens (including phenoxy) is 1. The first-order chi connectivity index (χ1) is 15.4. The maximum absolute atomic E-state index is 13.8. The van der Waals surface area contributed by atoms with Gasteiger partial charge in [0.1, 0.15) is 10.8 Å². The van der Waals surface area contributed by atoms with Crippen molar-refractivity contribution in [1.29, 1.82) is 0 Å². The summed E-state index contributed by atoms with van der Waals surface area (Å²) >= 11 is 1.55. The summed E-state index contributed by atoms with van der Waals surface area (Å²) in [4.78, 5) is 20.2. The number of carbonyl (C=O) groups is 1. The Morgan fingerprint density at radius 2 is 2.16 bits per heavy atom. The Kier molecular flexibility index (Phi) is 7.21. The third-order valence-corrected chi connectivity index (χ3v) is 7.27. The molecule has 1 aromatic carbocycles. The molecular weight excluding hydrogens is 423 g/mol. The molecule has 0 spiro atoms. The molecule has 1 amide bonds. The number of hydrogen-bond acceptors (Lipinski definition) is 4. The molecule has 2 heterocycles. The van der Waals surface area contributed by atoms with Crippen LogP contribution in [-0.4, -0.2) is 41.1 Å². The van der Waals surface area contributed by atoms with Gasteiger partial charge in [-0.1, -0.05) is 30.2 Å². The molecule has 1 aliphatic heterocycles. The molecule has 1 fully saturated rings. The number of aryl methyl sites for hydroxylation is 1. The van der Waals surface area contributed by atoms with Crippen LogP contribution in [0.15, 0.2) is 53.3 Å². The van der Waals surface area contributed by atoms with Crippen molar-refractivity contribution >= 4 is 17.2 Å². The number of likely N-dealkylation sites (tertiary alicyclic amines) is 1. The van der Waals surface area contributed by atoms with Crippen LogP contribution in [0.2, 0.25) is 0 Å².